The molecule has 164 valence electrons. The Hall–Kier alpha value is -3.80. The third-order valence-corrected chi connectivity index (χ3v) is 5.18. The van der Waals surface area contributed by atoms with Crippen molar-refractivity contribution in [3.63, 3.8) is 0 Å². The fourth-order valence-corrected chi connectivity index (χ4v) is 3.30. The van der Waals surface area contributed by atoms with Gasteiger partial charge in [-0.25, -0.2) is 13.1 Å². The SMILES string of the molecule is CCNC(=O)c1cccc(S(=O)(=O)NC(=O)c2ccc(C(=O)NCC(=O)OC)nc2)c1. The van der Waals surface area contributed by atoms with Gasteiger partial charge in [-0.1, -0.05) is 6.07 Å². The molecule has 0 aliphatic heterocycles. The first-order valence-electron chi connectivity index (χ1n) is 8.94. The molecule has 3 N–H and O–H groups in total. The van der Waals surface area contributed by atoms with E-state index in [1.165, 1.54) is 37.4 Å². The number of benzene rings is 1. The normalized spacial score (nSPS) is 10.6. The predicted molar refractivity (Wildman–Crippen MR) is 108 cm³/mol. The number of nitrogens with zero attached hydrogens (tertiary/aromatic N) is 1. The number of rotatable bonds is 8. The zero-order chi connectivity index (χ0) is 23.0. The quantitative estimate of drug-likeness (QED) is 0.470. The van der Waals surface area contributed by atoms with E-state index in [-0.39, 0.29) is 28.3 Å². The summed E-state index contributed by atoms with van der Waals surface area (Å²) >= 11 is 0. The molecule has 0 radical (unpaired) electrons. The van der Waals surface area contributed by atoms with E-state index in [1.54, 1.807) is 6.92 Å². The minimum Gasteiger partial charge on any atom is -0.468 e. The highest BCUT2D eigenvalue weighted by Crippen LogP contribution is 2.12. The fraction of sp³-hybridized carbons (Fsp3) is 0.211. The molecular weight excluding hydrogens is 428 g/mol. The van der Waals surface area contributed by atoms with Crippen molar-refractivity contribution in [1.82, 2.24) is 20.3 Å². The van der Waals surface area contributed by atoms with Crippen LogP contribution in [0.4, 0.5) is 0 Å². The number of hydrogen-bond donors (Lipinski definition) is 3. The van der Waals surface area contributed by atoms with Crippen LogP contribution >= 0.6 is 0 Å². The third-order valence-electron chi connectivity index (χ3n) is 3.85. The zero-order valence-corrected chi connectivity index (χ0v) is 17.5. The summed E-state index contributed by atoms with van der Waals surface area (Å²) < 4.78 is 31.3. The van der Waals surface area contributed by atoms with Crippen LogP contribution < -0.4 is 15.4 Å². The van der Waals surface area contributed by atoms with Crippen LogP contribution in [0.25, 0.3) is 0 Å². The minimum atomic E-state index is -4.26. The van der Waals surface area contributed by atoms with Gasteiger partial charge in [0, 0.05) is 18.3 Å². The largest absolute Gasteiger partial charge is 0.468 e. The van der Waals surface area contributed by atoms with E-state index < -0.39 is 33.7 Å². The van der Waals surface area contributed by atoms with Crippen LogP contribution in [0.15, 0.2) is 47.5 Å². The van der Waals surface area contributed by atoms with Gasteiger partial charge in [0.25, 0.3) is 27.7 Å². The van der Waals surface area contributed by atoms with Crippen LogP contribution in [0.5, 0.6) is 0 Å². The molecule has 0 unspecified atom stereocenters. The Morgan fingerprint density at radius 2 is 1.71 bits per heavy atom. The standard InChI is InChI=1S/C19H20N4O7S/c1-3-20-17(25)12-5-4-6-14(9-12)31(28,29)23-18(26)13-7-8-15(21-10-13)19(27)22-11-16(24)30-2/h4-10H,3,11H2,1-2H3,(H,20,25)(H,22,27)(H,23,26). The van der Waals surface area contributed by atoms with Crippen LogP contribution in [-0.2, 0) is 19.6 Å². The molecule has 1 aromatic heterocycles. The first-order valence-corrected chi connectivity index (χ1v) is 10.4. The molecule has 31 heavy (non-hydrogen) atoms. The van der Waals surface area contributed by atoms with Gasteiger partial charge in [0.2, 0.25) is 0 Å². The van der Waals surface area contributed by atoms with Gasteiger partial charge in [-0.3, -0.25) is 24.2 Å². The highest BCUT2D eigenvalue weighted by molar-refractivity contribution is 7.90. The number of nitrogens with one attached hydrogen (secondary N) is 3. The first-order chi connectivity index (χ1) is 14.7. The lowest BCUT2D eigenvalue weighted by molar-refractivity contribution is -0.139. The Kier molecular flexibility index (Phi) is 7.80. The van der Waals surface area contributed by atoms with Crippen LogP contribution in [0.2, 0.25) is 0 Å². The minimum absolute atomic E-state index is 0.0852. The first kappa shape index (κ1) is 23.5. The van der Waals surface area contributed by atoms with Crippen molar-refractivity contribution in [2.45, 2.75) is 11.8 Å². The molecule has 0 fully saturated rings. The summed E-state index contributed by atoms with van der Waals surface area (Å²) in [5.74, 6) is -2.74. The van der Waals surface area contributed by atoms with Crippen molar-refractivity contribution in [3.8, 4) is 0 Å². The van der Waals surface area contributed by atoms with Crippen molar-refractivity contribution >= 4 is 33.7 Å². The maximum absolute atomic E-state index is 12.5. The highest BCUT2D eigenvalue weighted by atomic mass is 32.2. The molecule has 0 spiro atoms. The van der Waals surface area contributed by atoms with E-state index in [4.69, 9.17) is 0 Å². The Bertz CT molecular complexity index is 1100. The lowest BCUT2D eigenvalue weighted by Crippen LogP contribution is -2.32. The Balaban J connectivity index is 2.10. The van der Waals surface area contributed by atoms with Crippen LogP contribution in [0.1, 0.15) is 38.1 Å². The number of carbonyl (C=O) groups excluding carboxylic acids is 4. The van der Waals surface area contributed by atoms with Crippen molar-refractivity contribution < 1.29 is 32.3 Å². The van der Waals surface area contributed by atoms with E-state index in [2.05, 4.69) is 20.4 Å². The highest BCUT2D eigenvalue weighted by Gasteiger charge is 2.21. The van der Waals surface area contributed by atoms with E-state index >= 15 is 0 Å². The number of aromatic nitrogens is 1. The molecule has 0 atom stereocenters. The average Bonchev–Trinajstić information content (AvgIpc) is 2.77. The fourth-order valence-electron chi connectivity index (χ4n) is 2.28. The number of carbonyl (C=O) groups is 4. The van der Waals surface area contributed by atoms with E-state index in [9.17, 15) is 27.6 Å². The summed E-state index contributed by atoms with van der Waals surface area (Å²) in [5.41, 5.74) is -0.0768. The summed E-state index contributed by atoms with van der Waals surface area (Å²) in [7, 11) is -3.09. The summed E-state index contributed by atoms with van der Waals surface area (Å²) in [4.78, 5) is 50.7. The smallest absolute Gasteiger partial charge is 0.325 e. The lowest BCUT2D eigenvalue weighted by Gasteiger charge is -2.09. The van der Waals surface area contributed by atoms with Crippen LogP contribution in [0, 0.1) is 0 Å². The Morgan fingerprint density at radius 3 is 2.32 bits per heavy atom. The van der Waals surface area contributed by atoms with E-state index in [0.29, 0.717) is 6.54 Å². The second-order valence-electron chi connectivity index (χ2n) is 6.01. The summed E-state index contributed by atoms with van der Waals surface area (Å²) in [6.07, 6.45) is 1.02. The molecule has 0 saturated carbocycles. The molecule has 0 bridgehead atoms. The summed E-state index contributed by atoms with van der Waals surface area (Å²) in [5, 5.41) is 4.83. The second kappa shape index (κ2) is 10.3. The summed E-state index contributed by atoms with van der Waals surface area (Å²) in [6.45, 7) is 1.74. The Morgan fingerprint density at radius 1 is 0.968 bits per heavy atom. The number of methoxy groups -OCH3 is 1. The monoisotopic (exact) mass is 448 g/mol. The van der Waals surface area contributed by atoms with Crippen LogP contribution in [0.3, 0.4) is 0 Å². The van der Waals surface area contributed by atoms with E-state index in [1.807, 2.05) is 4.72 Å². The molecule has 0 aliphatic carbocycles. The molecule has 1 aromatic carbocycles. The van der Waals surface area contributed by atoms with E-state index in [0.717, 1.165) is 12.3 Å². The summed E-state index contributed by atoms with van der Waals surface area (Å²) in [6, 6.07) is 7.62. The van der Waals surface area contributed by atoms with Gasteiger partial charge in [0.1, 0.15) is 12.2 Å². The second-order valence-corrected chi connectivity index (χ2v) is 7.70. The van der Waals surface area contributed by atoms with Gasteiger partial charge in [0.15, 0.2) is 0 Å². The molecule has 2 rings (SSSR count). The number of pyridine rings is 1. The number of esters is 1. The van der Waals surface area contributed by atoms with Crippen molar-refractivity contribution in [3.05, 3.63) is 59.4 Å². The van der Waals surface area contributed by atoms with Gasteiger partial charge in [-0.2, -0.15) is 0 Å². The number of sulfonamides is 1. The number of ether oxygens (including phenoxy) is 1. The topological polar surface area (TPSA) is 161 Å². The molecule has 12 heteroatoms. The van der Waals surface area contributed by atoms with Gasteiger partial charge in [0.05, 0.1) is 17.6 Å². The van der Waals surface area contributed by atoms with Crippen molar-refractivity contribution in [2.24, 2.45) is 0 Å². The zero-order valence-electron chi connectivity index (χ0n) is 16.7. The van der Waals surface area contributed by atoms with Crippen molar-refractivity contribution in [1.29, 1.82) is 0 Å². The third kappa shape index (κ3) is 6.34. The molecule has 1 heterocycles. The maximum Gasteiger partial charge on any atom is 0.325 e. The van der Waals surface area contributed by atoms with Gasteiger partial charge in [-0.15, -0.1) is 0 Å². The molecular formula is C19H20N4O7S. The van der Waals surface area contributed by atoms with Gasteiger partial charge >= 0.3 is 5.97 Å². The number of hydrogen-bond acceptors (Lipinski definition) is 8. The molecule has 11 nitrogen and oxygen atoms in total. The lowest BCUT2D eigenvalue weighted by atomic mass is 10.2. The molecule has 0 saturated heterocycles. The Labute approximate surface area is 178 Å². The molecule has 2 aromatic rings. The van der Waals surface area contributed by atoms with Crippen molar-refractivity contribution in [2.75, 3.05) is 20.2 Å². The molecule has 0 aliphatic rings. The predicted octanol–water partition coefficient (Wildman–Crippen LogP) is -0.147. The number of amides is 3. The molecule has 3 amide bonds. The van der Waals surface area contributed by atoms with Gasteiger partial charge in [-0.05, 0) is 37.3 Å². The maximum atomic E-state index is 12.5. The average molecular weight is 448 g/mol. The van der Waals surface area contributed by atoms with Gasteiger partial charge < -0.3 is 15.4 Å². The van der Waals surface area contributed by atoms with Crippen LogP contribution in [-0.4, -0.2) is 57.3 Å².